The van der Waals surface area contributed by atoms with Crippen LogP contribution in [0, 0.1) is 18.3 Å². The summed E-state index contributed by atoms with van der Waals surface area (Å²) in [5, 5.41) is 16.3. The maximum absolute atomic E-state index is 13.6. The Kier molecular flexibility index (Phi) is 4.80. The zero-order valence-electron chi connectivity index (χ0n) is 16.5. The number of fused-ring (bicyclic) bond motifs is 3. The molecule has 2 heterocycles. The molecule has 2 aliphatic rings. The van der Waals surface area contributed by atoms with Gasteiger partial charge in [-0.15, -0.1) is 0 Å². The van der Waals surface area contributed by atoms with Gasteiger partial charge in [-0.1, -0.05) is 29.8 Å². The number of carboxylic acid groups (broad SMARTS) is 1. The third-order valence-electron chi connectivity index (χ3n) is 5.66. The Morgan fingerprint density at radius 1 is 1.19 bits per heavy atom. The molecule has 0 bridgehead atoms. The van der Waals surface area contributed by atoms with Gasteiger partial charge < -0.3 is 9.84 Å². The molecule has 0 spiro atoms. The number of aromatic carboxylic acids is 1. The second kappa shape index (κ2) is 7.66. The molecule has 8 heteroatoms. The summed E-state index contributed by atoms with van der Waals surface area (Å²) in [5.74, 6) is -1.09. The predicted molar refractivity (Wildman–Crippen MR) is 118 cm³/mol. The van der Waals surface area contributed by atoms with Crippen molar-refractivity contribution in [2.24, 2.45) is 11.0 Å². The normalized spacial score (nSPS) is 18.8. The lowest BCUT2D eigenvalue weighted by atomic mass is 9.85. The van der Waals surface area contributed by atoms with Gasteiger partial charge in [-0.2, -0.15) is 5.10 Å². The predicted octanol–water partition coefficient (Wildman–Crippen LogP) is 5.70. The quantitative estimate of drug-likeness (QED) is 0.523. The summed E-state index contributed by atoms with van der Waals surface area (Å²) in [6.07, 6.45) is 0. The Hall–Kier alpha value is -3.89. The first-order valence-electron chi connectivity index (χ1n) is 9.77. The first-order valence-corrected chi connectivity index (χ1v) is 10.1. The van der Waals surface area contributed by atoms with Crippen LogP contribution in [0.1, 0.15) is 27.5 Å². The molecular weight excluding hydrogens is 433 g/mol. The molecule has 0 saturated carbocycles. The molecule has 0 saturated heterocycles. The number of halogens is 2. The fraction of sp³-hybridized carbons (Fsp3) is 0.125. The van der Waals surface area contributed by atoms with Crippen molar-refractivity contribution in [3.63, 3.8) is 0 Å². The SMILES string of the molecule is [C-]#[N+]c1ccc(N2N=C3c4ccc(C(=O)O)cc4OC[C@H]3[C@H]2c2ccc(F)cc2)cc1Cl. The molecule has 5 rings (SSSR count). The number of hydrogen-bond acceptors (Lipinski definition) is 4. The molecule has 32 heavy (non-hydrogen) atoms. The molecule has 1 N–H and O–H groups in total. The highest BCUT2D eigenvalue weighted by Gasteiger charge is 2.43. The fourth-order valence-corrected chi connectivity index (χ4v) is 4.36. The summed E-state index contributed by atoms with van der Waals surface area (Å²) in [6.45, 7) is 7.50. The third-order valence-corrected chi connectivity index (χ3v) is 5.96. The number of hydrogen-bond donors (Lipinski definition) is 1. The summed E-state index contributed by atoms with van der Waals surface area (Å²) >= 11 is 6.28. The Balaban J connectivity index is 1.64. The van der Waals surface area contributed by atoms with Crippen LogP contribution in [0.4, 0.5) is 15.8 Å². The van der Waals surface area contributed by atoms with Crippen LogP contribution in [0.15, 0.2) is 65.8 Å². The molecule has 0 aromatic heterocycles. The van der Waals surface area contributed by atoms with E-state index in [0.717, 1.165) is 11.3 Å². The number of carboxylic acids is 1. The smallest absolute Gasteiger partial charge is 0.335 e. The van der Waals surface area contributed by atoms with Gasteiger partial charge in [0.1, 0.15) is 11.6 Å². The van der Waals surface area contributed by atoms with Crippen molar-refractivity contribution in [2.75, 3.05) is 11.6 Å². The number of anilines is 1. The number of carbonyl (C=O) groups is 1. The highest BCUT2D eigenvalue weighted by atomic mass is 35.5. The molecule has 0 aliphatic carbocycles. The Bertz CT molecular complexity index is 1320. The Labute approximate surface area is 187 Å². The molecule has 0 fully saturated rings. The third kappa shape index (κ3) is 3.26. The Morgan fingerprint density at radius 3 is 2.66 bits per heavy atom. The molecule has 0 unspecified atom stereocenters. The van der Waals surface area contributed by atoms with Gasteiger partial charge in [-0.25, -0.2) is 14.0 Å². The van der Waals surface area contributed by atoms with Gasteiger partial charge in [0.2, 0.25) is 5.69 Å². The van der Waals surface area contributed by atoms with E-state index in [1.54, 1.807) is 41.4 Å². The largest absolute Gasteiger partial charge is 0.492 e. The fourth-order valence-electron chi connectivity index (χ4n) is 4.14. The summed E-state index contributed by atoms with van der Waals surface area (Å²) in [4.78, 5) is 14.7. The van der Waals surface area contributed by atoms with Gasteiger partial charge in [0.25, 0.3) is 0 Å². The van der Waals surface area contributed by atoms with E-state index >= 15 is 0 Å². The molecule has 0 amide bonds. The lowest BCUT2D eigenvalue weighted by molar-refractivity contribution is 0.0696. The van der Waals surface area contributed by atoms with E-state index in [1.165, 1.54) is 24.3 Å². The van der Waals surface area contributed by atoms with Gasteiger partial charge >= 0.3 is 5.97 Å². The first kappa shape index (κ1) is 20.0. The molecule has 6 nitrogen and oxygen atoms in total. The second-order valence-electron chi connectivity index (χ2n) is 7.51. The highest BCUT2D eigenvalue weighted by Crippen LogP contribution is 2.45. The van der Waals surface area contributed by atoms with Crippen LogP contribution in [0.3, 0.4) is 0 Å². The lowest BCUT2D eigenvalue weighted by Crippen LogP contribution is -2.33. The summed E-state index contributed by atoms with van der Waals surface area (Å²) < 4.78 is 19.5. The van der Waals surface area contributed by atoms with Gasteiger partial charge in [0.05, 0.1) is 42.1 Å². The van der Waals surface area contributed by atoms with Gasteiger partial charge in [0, 0.05) is 10.6 Å². The highest BCUT2D eigenvalue weighted by molar-refractivity contribution is 6.33. The van der Waals surface area contributed by atoms with Crippen LogP contribution >= 0.6 is 11.6 Å². The van der Waals surface area contributed by atoms with Crippen molar-refractivity contribution in [3.8, 4) is 5.75 Å². The van der Waals surface area contributed by atoms with Gasteiger partial charge in [-0.05, 0) is 48.0 Å². The minimum atomic E-state index is -1.03. The van der Waals surface area contributed by atoms with E-state index < -0.39 is 5.97 Å². The van der Waals surface area contributed by atoms with Gasteiger partial charge in [0.15, 0.2) is 0 Å². The summed E-state index contributed by atoms with van der Waals surface area (Å²) in [6, 6.07) is 15.7. The molecule has 0 radical (unpaired) electrons. The van der Waals surface area contributed by atoms with Crippen LogP contribution in [0.5, 0.6) is 5.75 Å². The monoisotopic (exact) mass is 447 g/mol. The van der Waals surface area contributed by atoms with E-state index in [9.17, 15) is 14.3 Å². The van der Waals surface area contributed by atoms with Crippen molar-refractivity contribution >= 4 is 34.7 Å². The summed E-state index contributed by atoms with van der Waals surface area (Å²) in [7, 11) is 0. The standard InChI is InChI=1S/C24H15ClFN3O3/c1-27-20-9-7-16(11-19(20)25)29-23(13-2-5-15(26)6-3-13)18-12-32-21-10-14(24(30)31)4-8-17(21)22(18)28-29/h2-11,18,23H,12H2,(H,30,31)/t18-,23-/m1/s1. The minimum Gasteiger partial charge on any atom is -0.492 e. The molecule has 2 aliphatic heterocycles. The average Bonchev–Trinajstić information content (AvgIpc) is 3.19. The zero-order chi connectivity index (χ0) is 22.4. The van der Waals surface area contributed by atoms with Crippen LogP contribution < -0.4 is 9.75 Å². The average molecular weight is 448 g/mol. The molecule has 3 aromatic carbocycles. The van der Waals surface area contributed by atoms with Crippen molar-refractivity contribution in [1.82, 2.24) is 0 Å². The van der Waals surface area contributed by atoms with E-state index in [-0.39, 0.29) is 29.9 Å². The number of benzene rings is 3. The van der Waals surface area contributed by atoms with E-state index in [1.807, 2.05) is 0 Å². The number of nitrogens with zero attached hydrogens (tertiary/aromatic N) is 3. The molecular formula is C24H15ClFN3O3. The van der Waals surface area contributed by atoms with Crippen LogP contribution in [0.25, 0.3) is 4.85 Å². The van der Waals surface area contributed by atoms with Crippen molar-refractivity contribution < 1.29 is 19.0 Å². The minimum absolute atomic E-state index is 0.134. The van der Waals surface area contributed by atoms with Crippen molar-refractivity contribution in [1.29, 1.82) is 0 Å². The topological polar surface area (TPSA) is 66.5 Å². The number of rotatable bonds is 3. The Morgan fingerprint density at radius 2 is 1.97 bits per heavy atom. The molecule has 158 valence electrons. The first-order chi connectivity index (χ1) is 15.5. The van der Waals surface area contributed by atoms with E-state index in [4.69, 9.17) is 28.0 Å². The zero-order valence-corrected chi connectivity index (χ0v) is 17.3. The summed E-state index contributed by atoms with van der Waals surface area (Å²) in [5.41, 5.74) is 3.46. The van der Waals surface area contributed by atoms with Gasteiger partial charge in [-0.3, -0.25) is 5.01 Å². The van der Waals surface area contributed by atoms with E-state index in [2.05, 4.69) is 4.85 Å². The number of ether oxygens (including phenoxy) is 1. The maximum atomic E-state index is 13.6. The molecule has 2 atom stereocenters. The van der Waals surface area contributed by atoms with Crippen LogP contribution in [-0.4, -0.2) is 23.4 Å². The second-order valence-corrected chi connectivity index (χ2v) is 7.91. The van der Waals surface area contributed by atoms with Crippen LogP contribution in [-0.2, 0) is 0 Å². The van der Waals surface area contributed by atoms with Crippen molar-refractivity contribution in [2.45, 2.75) is 6.04 Å². The van der Waals surface area contributed by atoms with E-state index in [0.29, 0.717) is 27.7 Å². The van der Waals surface area contributed by atoms with Crippen LogP contribution in [0.2, 0.25) is 5.02 Å². The maximum Gasteiger partial charge on any atom is 0.335 e. The van der Waals surface area contributed by atoms with Crippen molar-refractivity contribution in [3.05, 3.63) is 99.6 Å². The number of hydrazone groups is 1. The molecule has 3 aromatic rings. The lowest BCUT2D eigenvalue weighted by Gasteiger charge is -2.31.